The number of carbonyl (C=O) groups is 1. The Morgan fingerprint density at radius 3 is 2.84 bits per heavy atom. The van der Waals surface area contributed by atoms with Gasteiger partial charge in [0.1, 0.15) is 5.69 Å². The maximum Gasteiger partial charge on any atom is 0.270 e. The lowest BCUT2D eigenvalue weighted by Gasteiger charge is -2.22. The molecule has 0 aliphatic heterocycles. The van der Waals surface area contributed by atoms with E-state index in [1.165, 1.54) is 0 Å². The minimum atomic E-state index is 0.0146. The third kappa shape index (κ3) is 3.60. The van der Waals surface area contributed by atoms with E-state index in [9.17, 15) is 4.79 Å². The molecule has 1 saturated carbocycles. The number of halogens is 1. The van der Waals surface area contributed by atoms with E-state index >= 15 is 0 Å². The summed E-state index contributed by atoms with van der Waals surface area (Å²) in [5, 5.41) is 9.12. The molecule has 1 amide bonds. The number of nitrogens with zero attached hydrogens (tertiary/aromatic N) is 2. The summed E-state index contributed by atoms with van der Waals surface area (Å²) in [5.74, 6) is 0.0279. The SMILES string of the molecule is CCCCN(CCO)C(=O)c1cc(Br)cn1C1CC1. The fourth-order valence-corrected chi connectivity index (χ4v) is 2.66. The van der Waals surface area contributed by atoms with Crippen LogP contribution in [0.1, 0.15) is 49.1 Å². The summed E-state index contributed by atoms with van der Waals surface area (Å²) in [6.45, 7) is 3.24. The predicted octanol–water partition coefficient (Wildman–Crippen LogP) is 2.82. The van der Waals surface area contributed by atoms with Crippen molar-refractivity contribution in [2.75, 3.05) is 19.7 Å². The van der Waals surface area contributed by atoms with Gasteiger partial charge in [0.25, 0.3) is 5.91 Å². The maximum absolute atomic E-state index is 12.6. The van der Waals surface area contributed by atoms with Gasteiger partial charge in [0.15, 0.2) is 0 Å². The summed E-state index contributed by atoms with van der Waals surface area (Å²) in [4.78, 5) is 14.3. The molecule has 1 aliphatic rings. The largest absolute Gasteiger partial charge is 0.395 e. The van der Waals surface area contributed by atoms with Crippen molar-refractivity contribution in [2.24, 2.45) is 0 Å². The summed E-state index contributed by atoms with van der Waals surface area (Å²) in [6.07, 6.45) is 6.30. The minimum Gasteiger partial charge on any atom is -0.395 e. The highest BCUT2D eigenvalue weighted by atomic mass is 79.9. The molecule has 4 nitrogen and oxygen atoms in total. The zero-order valence-corrected chi connectivity index (χ0v) is 12.9. The number of hydrogen-bond donors (Lipinski definition) is 1. The van der Waals surface area contributed by atoms with Crippen molar-refractivity contribution in [3.05, 3.63) is 22.4 Å². The third-order valence-corrected chi connectivity index (χ3v) is 3.85. The average Bonchev–Trinajstić information content (AvgIpc) is 3.17. The Kier molecular flexibility index (Phi) is 5.05. The van der Waals surface area contributed by atoms with Crippen molar-refractivity contribution in [2.45, 2.75) is 38.6 Å². The molecule has 1 heterocycles. The molecule has 1 N–H and O–H groups in total. The Morgan fingerprint density at radius 1 is 1.53 bits per heavy atom. The van der Waals surface area contributed by atoms with Crippen LogP contribution < -0.4 is 0 Å². The predicted molar refractivity (Wildman–Crippen MR) is 78.3 cm³/mol. The van der Waals surface area contributed by atoms with Crippen LogP contribution in [-0.2, 0) is 0 Å². The summed E-state index contributed by atoms with van der Waals surface area (Å²) in [7, 11) is 0. The number of hydrogen-bond acceptors (Lipinski definition) is 2. The molecule has 0 radical (unpaired) electrons. The van der Waals surface area contributed by atoms with E-state index in [1.807, 2.05) is 12.3 Å². The highest BCUT2D eigenvalue weighted by Crippen LogP contribution is 2.37. The molecule has 0 saturated heterocycles. The van der Waals surface area contributed by atoms with Crippen LogP contribution in [0.5, 0.6) is 0 Å². The maximum atomic E-state index is 12.6. The first-order valence-electron chi connectivity index (χ1n) is 6.95. The Balaban J connectivity index is 2.15. The molecule has 0 aromatic carbocycles. The molecule has 0 atom stereocenters. The van der Waals surface area contributed by atoms with Gasteiger partial charge in [-0.05, 0) is 41.3 Å². The molecule has 1 aromatic rings. The van der Waals surface area contributed by atoms with Crippen LogP contribution in [0, 0.1) is 0 Å². The lowest BCUT2D eigenvalue weighted by molar-refractivity contribution is 0.0708. The van der Waals surface area contributed by atoms with E-state index in [0.29, 0.717) is 19.1 Å². The number of rotatable bonds is 7. The first-order valence-corrected chi connectivity index (χ1v) is 7.74. The smallest absolute Gasteiger partial charge is 0.270 e. The van der Waals surface area contributed by atoms with Crippen molar-refractivity contribution in [3.63, 3.8) is 0 Å². The molecule has 19 heavy (non-hydrogen) atoms. The first kappa shape index (κ1) is 14.6. The molecule has 1 aliphatic carbocycles. The van der Waals surface area contributed by atoms with E-state index < -0.39 is 0 Å². The molecule has 0 spiro atoms. The van der Waals surface area contributed by atoms with Gasteiger partial charge in [0.05, 0.1) is 6.61 Å². The van der Waals surface area contributed by atoms with Gasteiger partial charge in [0.2, 0.25) is 0 Å². The average molecular weight is 329 g/mol. The summed E-state index contributed by atoms with van der Waals surface area (Å²) < 4.78 is 3.02. The standard InChI is InChI=1S/C14H21BrN2O2/c1-2-3-6-16(7-8-18)14(19)13-9-11(15)10-17(13)12-4-5-12/h9-10,12,18H,2-8H2,1H3. The van der Waals surface area contributed by atoms with Gasteiger partial charge in [0, 0.05) is 29.8 Å². The molecule has 5 heteroatoms. The number of amides is 1. The quantitative estimate of drug-likeness (QED) is 0.836. The topological polar surface area (TPSA) is 45.5 Å². The highest BCUT2D eigenvalue weighted by molar-refractivity contribution is 9.10. The van der Waals surface area contributed by atoms with Crippen LogP contribution in [0.4, 0.5) is 0 Å². The second-order valence-electron chi connectivity index (χ2n) is 5.05. The monoisotopic (exact) mass is 328 g/mol. The van der Waals surface area contributed by atoms with Crippen LogP contribution in [0.15, 0.2) is 16.7 Å². The van der Waals surface area contributed by atoms with Crippen LogP contribution in [0.2, 0.25) is 0 Å². The molecule has 1 fully saturated rings. The molecular weight excluding hydrogens is 308 g/mol. The molecule has 0 unspecified atom stereocenters. The second-order valence-corrected chi connectivity index (χ2v) is 5.97. The van der Waals surface area contributed by atoms with E-state index in [0.717, 1.165) is 35.8 Å². The number of aliphatic hydroxyl groups is 1. The van der Waals surface area contributed by atoms with Gasteiger partial charge in [-0.25, -0.2) is 0 Å². The first-order chi connectivity index (χ1) is 9.17. The van der Waals surface area contributed by atoms with Gasteiger partial charge in [-0.1, -0.05) is 13.3 Å². The van der Waals surface area contributed by atoms with Crippen molar-refractivity contribution < 1.29 is 9.90 Å². The van der Waals surface area contributed by atoms with Crippen molar-refractivity contribution >= 4 is 21.8 Å². The molecule has 1 aromatic heterocycles. The lowest BCUT2D eigenvalue weighted by Crippen LogP contribution is -2.35. The fourth-order valence-electron chi connectivity index (χ4n) is 2.22. The number of unbranched alkanes of at least 4 members (excludes halogenated alkanes) is 1. The van der Waals surface area contributed by atoms with Crippen molar-refractivity contribution in [1.82, 2.24) is 9.47 Å². The van der Waals surface area contributed by atoms with Crippen LogP contribution in [-0.4, -0.2) is 40.2 Å². The highest BCUT2D eigenvalue weighted by Gasteiger charge is 2.29. The fraction of sp³-hybridized carbons (Fsp3) is 0.643. The molecule has 106 valence electrons. The van der Waals surface area contributed by atoms with E-state index in [4.69, 9.17) is 5.11 Å². The number of carbonyl (C=O) groups excluding carboxylic acids is 1. The van der Waals surface area contributed by atoms with Crippen molar-refractivity contribution in [1.29, 1.82) is 0 Å². The van der Waals surface area contributed by atoms with Crippen molar-refractivity contribution in [3.8, 4) is 0 Å². The van der Waals surface area contributed by atoms with E-state index in [1.54, 1.807) is 4.90 Å². The molecule has 0 bridgehead atoms. The lowest BCUT2D eigenvalue weighted by atomic mass is 10.3. The second kappa shape index (κ2) is 6.57. The van der Waals surface area contributed by atoms with Crippen LogP contribution >= 0.6 is 15.9 Å². The number of aromatic nitrogens is 1. The van der Waals surface area contributed by atoms with Gasteiger partial charge in [-0.15, -0.1) is 0 Å². The Morgan fingerprint density at radius 2 is 2.26 bits per heavy atom. The van der Waals surface area contributed by atoms with Crippen LogP contribution in [0.25, 0.3) is 0 Å². The zero-order valence-electron chi connectivity index (χ0n) is 11.3. The summed E-state index contributed by atoms with van der Waals surface area (Å²) in [5.41, 5.74) is 0.735. The van der Waals surface area contributed by atoms with Gasteiger partial charge < -0.3 is 14.6 Å². The van der Waals surface area contributed by atoms with E-state index in [2.05, 4.69) is 27.4 Å². The van der Waals surface area contributed by atoms with Gasteiger partial charge in [-0.2, -0.15) is 0 Å². The summed E-state index contributed by atoms with van der Waals surface area (Å²) >= 11 is 3.45. The normalized spacial score (nSPS) is 14.7. The zero-order chi connectivity index (χ0) is 13.8. The van der Waals surface area contributed by atoms with Crippen LogP contribution in [0.3, 0.4) is 0 Å². The number of aliphatic hydroxyl groups excluding tert-OH is 1. The summed E-state index contributed by atoms with van der Waals surface area (Å²) in [6, 6.07) is 2.36. The third-order valence-electron chi connectivity index (χ3n) is 3.41. The van der Waals surface area contributed by atoms with Gasteiger partial charge >= 0.3 is 0 Å². The van der Waals surface area contributed by atoms with E-state index in [-0.39, 0.29) is 12.5 Å². The molecular formula is C14H21BrN2O2. The Labute approximate surface area is 122 Å². The Hall–Kier alpha value is -0.810. The molecule has 2 rings (SSSR count). The Bertz CT molecular complexity index is 441. The van der Waals surface area contributed by atoms with Gasteiger partial charge in [-0.3, -0.25) is 4.79 Å². The minimum absolute atomic E-state index is 0.0146.